The number of likely N-dealkylation sites (N-methyl/N-ethyl adjacent to an activating group) is 1. The summed E-state index contributed by atoms with van der Waals surface area (Å²) in [6, 6.07) is 0.0174. The largest absolute Gasteiger partial charge is 0.342 e. The molecule has 0 unspecified atom stereocenters. The van der Waals surface area contributed by atoms with Crippen LogP contribution in [0.2, 0.25) is 0 Å². The molecule has 0 aromatic rings. The zero-order chi connectivity index (χ0) is 18.4. The summed E-state index contributed by atoms with van der Waals surface area (Å²) in [5.74, 6) is 0.690. The van der Waals surface area contributed by atoms with E-state index in [9.17, 15) is 9.59 Å². The Hall–Kier alpha value is -0.560. The number of nitrogens with zero attached hydrogens (tertiary/aromatic N) is 3. The molecule has 1 atom stereocenters. The maximum Gasteiger partial charge on any atom is 0.239 e. The molecule has 2 rings (SSSR count). The number of piperazine rings is 1. The van der Waals surface area contributed by atoms with E-state index in [0.29, 0.717) is 31.6 Å². The molecule has 0 aromatic carbocycles. The number of halogens is 2. The number of nitrogens with two attached hydrogens (primary N) is 1. The molecule has 2 N–H and O–H groups in total. The first-order chi connectivity index (χ1) is 11.9. The molecule has 2 fully saturated rings. The Labute approximate surface area is 177 Å². The van der Waals surface area contributed by atoms with E-state index in [4.69, 9.17) is 5.73 Å². The minimum Gasteiger partial charge on any atom is -0.342 e. The molecule has 2 aliphatic rings. The van der Waals surface area contributed by atoms with Crippen LogP contribution in [-0.2, 0) is 9.59 Å². The van der Waals surface area contributed by atoms with Crippen LogP contribution >= 0.6 is 24.8 Å². The highest BCUT2D eigenvalue weighted by Crippen LogP contribution is 2.21. The molecule has 27 heavy (non-hydrogen) atoms. The van der Waals surface area contributed by atoms with Crippen molar-refractivity contribution in [1.29, 1.82) is 0 Å². The Morgan fingerprint density at radius 1 is 1.04 bits per heavy atom. The molecule has 1 heterocycles. The maximum absolute atomic E-state index is 12.5. The summed E-state index contributed by atoms with van der Waals surface area (Å²) in [4.78, 5) is 30.9. The van der Waals surface area contributed by atoms with Crippen molar-refractivity contribution >= 4 is 36.6 Å². The van der Waals surface area contributed by atoms with Crippen LogP contribution in [-0.4, -0.2) is 78.4 Å². The second kappa shape index (κ2) is 12.8. The van der Waals surface area contributed by atoms with E-state index in [2.05, 4.69) is 18.7 Å². The van der Waals surface area contributed by atoms with Gasteiger partial charge in [-0.1, -0.05) is 33.1 Å². The van der Waals surface area contributed by atoms with Gasteiger partial charge < -0.3 is 15.5 Å². The van der Waals surface area contributed by atoms with Crippen molar-refractivity contribution in [3.05, 3.63) is 0 Å². The van der Waals surface area contributed by atoms with Crippen molar-refractivity contribution in [1.82, 2.24) is 14.7 Å². The van der Waals surface area contributed by atoms with Gasteiger partial charge in [-0.3, -0.25) is 14.5 Å². The number of hydrogen-bond acceptors (Lipinski definition) is 4. The van der Waals surface area contributed by atoms with Crippen molar-refractivity contribution < 1.29 is 9.59 Å². The Bertz CT molecular complexity index is 451. The Kier molecular flexibility index (Phi) is 12.5. The van der Waals surface area contributed by atoms with Crippen LogP contribution in [0.15, 0.2) is 0 Å². The van der Waals surface area contributed by atoms with Gasteiger partial charge in [0.1, 0.15) is 0 Å². The van der Waals surface area contributed by atoms with Gasteiger partial charge in [0.05, 0.1) is 12.6 Å². The van der Waals surface area contributed by atoms with Crippen LogP contribution in [0.3, 0.4) is 0 Å². The molecule has 1 aliphatic carbocycles. The molecular formula is C19H38Cl2N4O2. The third-order valence-electron chi connectivity index (χ3n) is 5.60. The van der Waals surface area contributed by atoms with Crippen molar-refractivity contribution in [2.24, 2.45) is 11.7 Å². The summed E-state index contributed by atoms with van der Waals surface area (Å²) < 4.78 is 0. The number of amides is 2. The van der Waals surface area contributed by atoms with Crippen molar-refractivity contribution in [3.8, 4) is 0 Å². The normalized spacial score (nSPS) is 19.8. The molecule has 8 heteroatoms. The zero-order valence-electron chi connectivity index (χ0n) is 17.1. The fourth-order valence-electron chi connectivity index (χ4n) is 3.94. The number of carbonyl (C=O) groups is 2. The topological polar surface area (TPSA) is 69.9 Å². The van der Waals surface area contributed by atoms with E-state index in [1.807, 2.05) is 16.8 Å². The van der Waals surface area contributed by atoms with E-state index in [0.717, 1.165) is 32.4 Å². The van der Waals surface area contributed by atoms with Gasteiger partial charge in [-0.25, -0.2) is 0 Å². The average Bonchev–Trinajstić information content (AvgIpc) is 2.61. The fraction of sp³-hybridized carbons (Fsp3) is 0.895. The lowest BCUT2D eigenvalue weighted by Gasteiger charge is -2.37. The van der Waals surface area contributed by atoms with E-state index in [1.54, 1.807) is 0 Å². The molecule has 2 amide bonds. The van der Waals surface area contributed by atoms with E-state index in [-0.39, 0.29) is 36.6 Å². The van der Waals surface area contributed by atoms with Crippen molar-refractivity contribution in [2.75, 3.05) is 39.8 Å². The molecule has 6 nitrogen and oxygen atoms in total. The molecule has 1 saturated carbocycles. The van der Waals surface area contributed by atoms with Crippen LogP contribution in [0.5, 0.6) is 0 Å². The first-order valence-electron chi connectivity index (χ1n) is 9.91. The number of hydrogen-bond donors (Lipinski definition) is 1. The summed E-state index contributed by atoms with van der Waals surface area (Å²) in [5.41, 5.74) is 6.02. The quantitative estimate of drug-likeness (QED) is 0.708. The van der Waals surface area contributed by atoms with Crippen molar-refractivity contribution in [2.45, 2.75) is 64.5 Å². The summed E-state index contributed by atoms with van der Waals surface area (Å²) in [6.07, 6.45) is 6.77. The smallest absolute Gasteiger partial charge is 0.239 e. The van der Waals surface area contributed by atoms with Gasteiger partial charge in [-0.05, 0) is 25.2 Å². The summed E-state index contributed by atoms with van der Waals surface area (Å²) in [5, 5.41) is 0. The predicted molar refractivity (Wildman–Crippen MR) is 115 cm³/mol. The van der Waals surface area contributed by atoms with E-state index < -0.39 is 6.04 Å². The third-order valence-corrected chi connectivity index (χ3v) is 5.60. The minimum absolute atomic E-state index is 0. The zero-order valence-corrected chi connectivity index (χ0v) is 18.7. The first-order valence-corrected chi connectivity index (χ1v) is 9.91. The fourth-order valence-corrected chi connectivity index (χ4v) is 3.94. The van der Waals surface area contributed by atoms with Gasteiger partial charge in [-0.15, -0.1) is 24.8 Å². The second-order valence-electron chi connectivity index (χ2n) is 8.13. The monoisotopic (exact) mass is 424 g/mol. The Balaban J connectivity index is 0.00000338. The second-order valence-corrected chi connectivity index (χ2v) is 8.13. The number of rotatable bonds is 6. The molecule has 1 aliphatic heterocycles. The molecule has 1 saturated heterocycles. The third kappa shape index (κ3) is 8.14. The molecule has 0 aromatic heterocycles. The van der Waals surface area contributed by atoms with E-state index >= 15 is 0 Å². The van der Waals surface area contributed by atoms with Gasteiger partial charge in [0.25, 0.3) is 0 Å². The average molecular weight is 425 g/mol. The van der Waals surface area contributed by atoms with Crippen molar-refractivity contribution in [3.63, 3.8) is 0 Å². The highest BCUT2D eigenvalue weighted by atomic mass is 35.5. The Morgan fingerprint density at radius 2 is 1.59 bits per heavy atom. The summed E-state index contributed by atoms with van der Waals surface area (Å²) in [7, 11) is 1.95. The van der Waals surface area contributed by atoms with Gasteiger partial charge in [0.15, 0.2) is 0 Å². The lowest BCUT2D eigenvalue weighted by Crippen LogP contribution is -2.55. The van der Waals surface area contributed by atoms with Crippen LogP contribution in [0.25, 0.3) is 0 Å². The van der Waals surface area contributed by atoms with Gasteiger partial charge in [0, 0.05) is 39.3 Å². The van der Waals surface area contributed by atoms with Crippen LogP contribution in [0, 0.1) is 5.92 Å². The van der Waals surface area contributed by atoms with Gasteiger partial charge in [-0.2, -0.15) is 0 Å². The lowest BCUT2D eigenvalue weighted by atomic mass is 9.94. The molecule has 0 radical (unpaired) electrons. The molecular weight excluding hydrogens is 387 g/mol. The van der Waals surface area contributed by atoms with E-state index in [1.165, 1.54) is 19.3 Å². The Morgan fingerprint density at radius 3 is 2.11 bits per heavy atom. The SMILES string of the molecule is CC(C)C[C@H](N)C(=O)N1CCN(CC(=O)N(C)C2CCCCC2)CC1.Cl.Cl. The highest BCUT2D eigenvalue weighted by Gasteiger charge is 2.28. The predicted octanol–water partition coefficient (Wildman–Crippen LogP) is 2.14. The molecule has 0 bridgehead atoms. The highest BCUT2D eigenvalue weighted by molar-refractivity contribution is 5.85. The van der Waals surface area contributed by atoms with Crippen LogP contribution in [0.1, 0.15) is 52.4 Å². The first kappa shape index (κ1) is 26.4. The number of carbonyl (C=O) groups excluding carboxylic acids is 2. The van der Waals surface area contributed by atoms with Crippen LogP contribution in [0.4, 0.5) is 0 Å². The molecule has 160 valence electrons. The van der Waals surface area contributed by atoms with Crippen LogP contribution < -0.4 is 5.73 Å². The minimum atomic E-state index is -0.398. The maximum atomic E-state index is 12.5. The molecule has 0 spiro atoms. The van der Waals surface area contributed by atoms with Gasteiger partial charge in [0.2, 0.25) is 11.8 Å². The van der Waals surface area contributed by atoms with Gasteiger partial charge >= 0.3 is 0 Å². The summed E-state index contributed by atoms with van der Waals surface area (Å²) in [6.45, 7) is 7.48. The summed E-state index contributed by atoms with van der Waals surface area (Å²) >= 11 is 0. The standard InChI is InChI=1S/C19H36N4O2.2ClH/c1-15(2)13-17(20)19(25)23-11-9-22(10-12-23)14-18(24)21(3)16-7-5-4-6-8-16;;/h15-17H,4-14,20H2,1-3H3;2*1H/t17-;;/m0../s1. The lowest BCUT2D eigenvalue weighted by molar-refractivity contribution is -0.136.